The van der Waals surface area contributed by atoms with Crippen LogP contribution in [0.4, 0.5) is 0 Å². The molecular formula is C10H11N3O2. The van der Waals surface area contributed by atoms with Gasteiger partial charge in [0.15, 0.2) is 0 Å². The molecule has 1 aromatic carbocycles. The first-order valence-corrected chi connectivity index (χ1v) is 4.54. The molecule has 0 atom stereocenters. The molecule has 0 unspecified atom stereocenters. The van der Waals surface area contributed by atoms with Gasteiger partial charge in [0.05, 0.1) is 16.1 Å². The van der Waals surface area contributed by atoms with Gasteiger partial charge in [0, 0.05) is 12.0 Å². The number of nitrogens with zero attached hydrogens (tertiary/aromatic N) is 1. The van der Waals surface area contributed by atoms with E-state index < -0.39 is 10.6 Å². The van der Waals surface area contributed by atoms with Gasteiger partial charge in [0.2, 0.25) is 0 Å². The molecule has 0 radical (unpaired) electrons. The number of benzene rings is 1. The van der Waals surface area contributed by atoms with Crippen LogP contribution < -0.4 is 11.5 Å². The molecule has 2 rings (SSSR count). The first-order valence-electron chi connectivity index (χ1n) is 4.54. The number of hydrogen-bond donors (Lipinski definition) is 2. The first kappa shape index (κ1) is 9.82. The number of hydrogen-bond acceptors (Lipinski definition) is 4. The maximum absolute atomic E-state index is 10.8. The second-order valence-electron chi connectivity index (χ2n) is 3.64. The van der Waals surface area contributed by atoms with Crippen LogP contribution in [0.1, 0.15) is 17.5 Å². The summed E-state index contributed by atoms with van der Waals surface area (Å²) >= 11 is 0. The summed E-state index contributed by atoms with van der Waals surface area (Å²) in [5, 5.41) is 10.8. The Balaban J connectivity index is 2.63. The van der Waals surface area contributed by atoms with Crippen LogP contribution in [0.5, 0.6) is 0 Å². The number of fused-ring (bicyclic) bond motifs is 1. The molecule has 0 aliphatic heterocycles. The Kier molecular flexibility index (Phi) is 2.06. The molecule has 4 N–H and O–H groups in total. The molecule has 1 aliphatic rings. The van der Waals surface area contributed by atoms with Crippen LogP contribution >= 0.6 is 0 Å². The summed E-state index contributed by atoms with van der Waals surface area (Å²) in [6, 6.07) is 6.90. The SMILES string of the molecule is NC1(N)CC=C([N+](=O)[O-])c2ccccc21. The van der Waals surface area contributed by atoms with E-state index in [4.69, 9.17) is 11.5 Å². The fraction of sp³-hybridized carbons (Fsp3) is 0.200. The van der Waals surface area contributed by atoms with E-state index in [0.29, 0.717) is 11.1 Å². The molecule has 0 saturated carbocycles. The molecule has 0 aromatic heterocycles. The zero-order valence-corrected chi connectivity index (χ0v) is 8.01. The topological polar surface area (TPSA) is 95.2 Å². The fourth-order valence-electron chi connectivity index (χ4n) is 1.77. The molecule has 78 valence electrons. The number of nitro groups is 1. The molecule has 0 spiro atoms. The predicted octanol–water partition coefficient (Wildman–Crippen LogP) is 0.778. The minimum Gasteiger partial charge on any atom is -0.309 e. The highest BCUT2D eigenvalue weighted by Gasteiger charge is 2.33. The van der Waals surface area contributed by atoms with Crippen molar-refractivity contribution in [3.05, 3.63) is 51.6 Å². The standard InChI is InChI=1S/C10H11N3O2/c11-10(12)6-5-9(13(14)15)7-3-1-2-4-8(7)10/h1-5H,6,11-12H2. The Labute approximate surface area is 86.5 Å². The minimum atomic E-state index is -1.00. The molecule has 0 bridgehead atoms. The van der Waals surface area contributed by atoms with Crippen molar-refractivity contribution in [1.29, 1.82) is 0 Å². The average Bonchev–Trinajstić information content (AvgIpc) is 2.17. The molecule has 0 amide bonds. The lowest BCUT2D eigenvalue weighted by Crippen LogP contribution is -2.47. The quantitative estimate of drug-likeness (QED) is 0.402. The highest BCUT2D eigenvalue weighted by molar-refractivity contribution is 5.65. The molecule has 1 aromatic rings. The summed E-state index contributed by atoms with van der Waals surface area (Å²) in [5.41, 5.74) is 11.9. The molecule has 0 saturated heterocycles. The summed E-state index contributed by atoms with van der Waals surface area (Å²) in [6.45, 7) is 0. The smallest absolute Gasteiger partial charge is 0.273 e. The summed E-state index contributed by atoms with van der Waals surface area (Å²) < 4.78 is 0. The van der Waals surface area contributed by atoms with Crippen molar-refractivity contribution < 1.29 is 4.92 Å². The Hall–Kier alpha value is -1.72. The van der Waals surface area contributed by atoms with E-state index in [1.54, 1.807) is 24.3 Å². The Morgan fingerprint density at radius 3 is 2.67 bits per heavy atom. The van der Waals surface area contributed by atoms with Gasteiger partial charge in [0.1, 0.15) is 0 Å². The highest BCUT2D eigenvalue weighted by atomic mass is 16.6. The normalized spacial score (nSPS) is 17.9. The van der Waals surface area contributed by atoms with E-state index in [1.807, 2.05) is 0 Å². The lowest BCUT2D eigenvalue weighted by Gasteiger charge is -2.28. The Bertz CT molecular complexity index is 452. The van der Waals surface area contributed by atoms with E-state index in [1.165, 1.54) is 6.08 Å². The van der Waals surface area contributed by atoms with Crippen molar-refractivity contribution in [3.63, 3.8) is 0 Å². The molecule has 5 heteroatoms. The Morgan fingerprint density at radius 1 is 1.33 bits per heavy atom. The van der Waals surface area contributed by atoms with Crippen LogP contribution in [0.3, 0.4) is 0 Å². The first-order chi connectivity index (χ1) is 7.02. The van der Waals surface area contributed by atoms with Gasteiger partial charge < -0.3 is 11.5 Å². The van der Waals surface area contributed by atoms with Crippen molar-refractivity contribution in [2.45, 2.75) is 12.1 Å². The third-order valence-corrected chi connectivity index (χ3v) is 2.53. The van der Waals surface area contributed by atoms with Gasteiger partial charge >= 0.3 is 0 Å². The lowest BCUT2D eigenvalue weighted by molar-refractivity contribution is -0.376. The molecule has 5 nitrogen and oxygen atoms in total. The molecular weight excluding hydrogens is 194 g/mol. The molecule has 1 aliphatic carbocycles. The largest absolute Gasteiger partial charge is 0.309 e. The second-order valence-corrected chi connectivity index (χ2v) is 3.64. The van der Waals surface area contributed by atoms with Gasteiger partial charge in [-0.1, -0.05) is 18.2 Å². The second kappa shape index (κ2) is 3.15. The molecule has 15 heavy (non-hydrogen) atoms. The zero-order chi connectivity index (χ0) is 11.1. The third kappa shape index (κ3) is 1.51. The monoisotopic (exact) mass is 205 g/mol. The van der Waals surface area contributed by atoms with E-state index >= 15 is 0 Å². The van der Waals surface area contributed by atoms with Crippen molar-refractivity contribution in [2.75, 3.05) is 0 Å². The van der Waals surface area contributed by atoms with Crippen LogP contribution in [0.2, 0.25) is 0 Å². The van der Waals surface area contributed by atoms with Crippen LogP contribution in [-0.4, -0.2) is 4.92 Å². The number of nitrogens with two attached hydrogens (primary N) is 2. The van der Waals surface area contributed by atoms with Gasteiger partial charge in [-0.05, 0) is 12.1 Å². The van der Waals surface area contributed by atoms with Crippen molar-refractivity contribution in [1.82, 2.24) is 0 Å². The van der Waals surface area contributed by atoms with E-state index in [2.05, 4.69) is 0 Å². The van der Waals surface area contributed by atoms with E-state index in [9.17, 15) is 10.1 Å². The molecule has 0 fully saturated rings. The minimum absolute atomic E-state index is 0.0807. The maximum atomic E-state index is 10.8. The van der Waals surface area contributed by atoms with Crippen molar-refractivity contribution in [3.8, 4) is 0 Å². The van der Waals surface area contributed by atoms with Gasteiger partial charge in [0.25, 0.3) is 5.70 Å². The van der Waals surface area contributed by atoms with Crippen LogP contribution in [0, 0.1) is 10.1 Å². The average molecular weight is 205 g/mol. The summed E-state index contributed by atoms with van der Waals surface area (Å²) in [7, 11) is 0. The predicted molar refractivity (Wildman–Crippen MR) is 56.1 cm³/mol. The van der Waals surface area contributed by atoms with Crippen LogP contribution in [-0.2, 0) is 5.66 Å². The zero-order valence-electron chi connectivity index (χ0n) is 8.01. The van der Waals surface area contributed by atoms with E-state index in [-0.39, 0.29) is 12.1 Å². The van der Waals surface area contributed by atoms with Crippen molar-refractivity contribution in [2.24, 2.45) is 11.5 Å². The maximum Gasteiger partial charge on any atom is 0.273 e. The van der Waals surface area contributed by atoms with Crippen LogP contribution in [0.25, 0.3) is 5.70 Å². The van der Waals surface area contributed by atoms with Gasteiger partial charge in [-0.2, -0.15) is 0 Å². The summed E-state index contributed by atoms with van der Waals surface area (Å²) in [4.78, 5) is 10.4. The fourth-order valence-corrected chi connectivity index (χ4v) is 1.77. The highest BCUT2D eigenvalue weighted by Crippen LogP contribution is 2.32. The third-order valence-electron chi connectivity index (χ3n) is 2.53. The lowest BCUT2D eigenvalue weighted by atomic mass is 9.86. The van der Waals surface area contributed by atoms with E-state index in [0.717, 1.165) is 0 Å². The van der Waals surface area contributed by atoms with Gasteiger partial charge in [-0.15, -0.1) is 0 Å². The Morgan fingerprint density at radius 2 is 2.00 bits per heavy atom. The van der Waals surface area contributed by atoms with Gasteiger partial charge in [-0.3, -0.25) is 10.1 Å². The van der Waals surface area contributed by atoms with Gasteiger partial charge in [-0.25, -0.2) is 0 Å². The summed E-state index contributed by atoms with van der Waals surface area (Å²) in [5.74, 6) is 0. The number of rotatable bonds is 1. The van der Waals surface area contributed by atoms with Crippen LogP contribution in [0.15, 0.2) is 30.3 Å². The molecule has 0 heterocycles. The summed E-state index contributed by atoms with van der Waals surface area (Å²) in [6.07, 6.45) is 1.75. The van der Waals surface area contributed by atoms with Crippen molar-refractivity contribution >= 4 is 5.70 Å².